The van der Waals surface area contributed by atoms with Crippen LogP contribution in [0.5, 0.6) is 5.75 Å². The maximum atomic E-state index is 12.4. The molecule has 6 heteroatoms. The van der Waals surface area contributed by atoms with E-state index in [4.69, 9.17) is 9.47 Å². The Labute approximate surface area is 151 Å². The fourth-order valence-electron chi connectivity index (χ4n) is 3.05. The van der Waals surface area contributed by atoms with Gasteiger partial charge in [-0.25, -0.2) is 4.79 Å². The van der Waals surface area contributed by atoms with Gasteiger partial charge in [-0.2, -0.15) is 0 Å². The lowest BCUT2D eigenvalue weighted by Crippen LogP contribution is -2.25. The van der Waals surface area contributed by atoms with Gasteiger partial charge in [0.15, 0.2) is 19.0 Å². The second-order valence-electron chi connectivity index (χ2n) is 6.32. The number of anilines is 1. The molecular weight excluding hydrogens is 334 g/mol. The third-order valence-electron chi connectivity index (χ3n) is 4.15. The Morgan fingerprint density at radius 2 is 1.81 bits per heavy atom. The molecule has 2 aromatic carbocycles. The Morgan fingerprint density at radius 3 is 2.50 bits per heavy atom. The van der Waals surface area contributed by atoms with Crippen molar-refractivity contribution in [3.63, 3.8) is 0 Å². The highest BCUT2D eigenvalue weighted by Gasteiger charge is 2.20. The number of hydrogen-bond donors (Lipinski definition) is 1. The van der Waals surface area contributed by atoms with Crippen molar-refractivity contribution in [2.24, 2.45) is 0 Å². The minimum atomic E-state index is -0.525. The third-order valence-corrected chi connectivity index (χ3v) is 4.15. The molecule has 1 aliphatic rings. The van der Waals surface area contributed by atoms with Crippen LogP contribution < -0.4 is 10.1 Å². The molecule has 0 saturated carbocycles. The molecule has 2 aromatic rings. The lowest BCUT2D eigenvalue weighted by Gasteiger charge is -2.18. The molecule has 0 radical (unpaired) electrons. The van der Waals surface area contributed by atoms with E-state index in [0.29, 0.717) is 22.6 Å². The number of amides is 1. The van der Waals surface area contributed by atoms with Crippen LogP contribution in [0.4, 0.5) is 5.69 Å². The largest absolute Gasteiger partial charge is 0.482 e. The summed E-state index contributed by atoms with van der Waals surface area (Å²) >= 11 is 0. The summed E-state index contributed by atoms with van der Waals surface area (Å²) in [6, 6.07) is 8.51. The predicted octanol–water partition coefficient (Wildman–Crippen LogP) is 2.98. The summed E-state index contributed by atoms with van der Waals surface area (Å²) in [7, 11) is 0. The molecule has 0 aliphatic carbocycles. The average molecular weight is 353 g/mol. The Balaban J connectivity index is 1.70. The van der Waals surface area contributed by atoms with Crippen LogP contribution in [0.25, 0.3) is 0 Å². The first-order chi connectivity index (χ1) is 12.3. The third kappa shape index (κ3) is 3.59. The zero-order valence-electron chi connectivity index (χ0n) is 14.8. The van der Waals surface area contributed by atoms with Crippen LogP contribution in [-0.4, -0.2) is 30.9 Å². The summed E-state index contributed by atoms with van der Waals surface area (Å²) in [5.74, 6) is -0.658. The molecule has 0 saturated heterocycles. The molecular formula is C20H19NO5. The molecule has 0 spiro atoms. The Morgan fingerprint density at radius 1 is 1.12 bits per heavy atom. The number of Topliss-reactive ketones (excluding diaryl/α,β-unsaturated/α-hetero) is 1. The fraction of sp³-hybridized carbons (Fsp3) is 0.250. The van der Waals surface area contributed by atoms with Crippen LogP contribution in [-0.2, 0) is 9.53 Å². The highest BCUT2D eigenvalue weighted by Crippen LogP contribution is 2.28. The first-order valence-corrected chi connectivity index (χ1v) is 8.20. The molecule has 1 amide bonds. The normalized spacial score (nSPS) is 12.7. The number of nitrogens with one attached hydrogen (secondary N) is 1. The van der Waals surface area contributed by atoms with Gasteiger partial charge in [0, 0.05) is 5.56 Å². The van der Waals surface area contributed by atoms with E-state index in [9.17, 15) is 14.4 Å². The van der Waals surface area contributed by atoms with Gasteiger partial charge < -0.3 is 14.8 Å². The van der Waals surface area contributed by atoms with Gasteiger partial charge in [-0.1, -0.05) is 17.7 Å². The van der Waals surface area contributed by atoms with E-state index >= 15 is 0 Å². The number of fused-ring (bicyclic) bond motifs is 1. The van der Waals surface area contributed by atoms with Gasteiger partial charge >= 0.3 is 5.97 Å². The second-order valence-corrected chi connectivity index (χ2v) is 6.32. The molecule has 0 unspecified atom stereocenters. The van der Waals surface area contributed by atoms with Crippen LogP contribution in [0.2, 0.25) is 0 Å². The van der Waals surface area contributed by atoms with E-state index in [2.05, 4.69) is 5.32 Å². The maximum absolute atomic E-state index is 12.4. The first-order valence-electron chi connectivity index (χ1n) is 8.20. The molecule has 1 heterocycles. The quantitative estimate of drug-likeness (QED) is 0.675. The maximum Gasteiger partial charge on any atom is 0.339 e. The van der Waals surface area contributed by atoms with E-state index in [1.54, 1.807) is 12.1 Å². The smallest absolute Gasteiger partial charge is 0.339 e. The van der Waals surface area contributed by atoms with Crippen LogP contribution in [0.15, 0.2) is 30.3 Å². The van der Waals surface area contributed by atoms with Crippen molar-refractivity contribution in [1.29, 1.82) is 0 Å². The lowest BCUT2D eigenvalue weighted by molar-refractivity contribution is -0.118. The number of ketones is 1. The average Bonchev–Trinajstić information content (AvgIpc) is 2.58. The van der Waals surface area contributed by atoms with E-state index < -0.39 is 5.97 Å². The predicted molar refractivity (Wildman–Crippen MR) is 95.8 cm³/mol. The number of esters is 1. The Bertz CT molecular complexity index is 893. The standard InChI is InChI=1S/C20H19NO5/c1-11-6-12(2)19(13(3)7-11)20(24)26-9-16(22)14-4-5-17-15(8-14)21-18(23)10-25-17/h4-8H,9-10H2,1-3H3,(H,21,23). The van der Waals surface area contributed by atoms with Gasteiger partial charge in [0.25, 0.3) is 5.91 Å². The topological polar surface area (TPSA) is 81.7 Å². The number of aryl methyl sites for hydroxylation is 3. The summed E-state index contributed by atoms with van der Waals surface area (Å²) in [5, 5.41) is 2.64. The minimum Gasteiger partial charge on any atom is -0.482 e. The zero-order chi connectivity index (χ0) is 18.8. The van der Waals surface area contributed by atoms with Crippen molar-refractivity contribution in [2.45, 2.75) is 20.8 Å². The van der Waals surface area contributed by atoms with Crippen molar-refractivity contribution in [3.8, 4) is 5.75 Å². The van der Waals surface area contributed by atoms with Crippen molar-refractivity contribution in [2.75, 3.05) is 18.5 Å². The van der Waals surface area contributed by atoms with Gasteiger partial charge in [-0.05, 0) is 50.1 Å². The van der Waals surface area contributed by atoms with Crippen LogP contribution in [0, 0.1) is 20.8 Å². The number of benzene rings is 2. The molecule has 0 aromatic heterocycles. The summed E-state index contributed by atoms with van der Waals surface area (Å²) in [4.78, 5) is 36.1. The fourth-order valence-corrected chi connectivity index (χ4v) is 3.05. The molecule has 134 valence electrons. The molecule has 6 nitrogen and oxygen atoms in total. The van der Waals surface area contributed by atoms with Crippen molar-refractivity contribution in [1.82, 2.24) is 0 Å². The monoisotopic (exact) mass is 353 g/mol. The van der Waals surface area contributed by atoms with Crippen molar-refractivity contribution >= 4 is 23.3 Å². The molecule has 0 bridgehead atoms. The van der Waals surface area contributed by atoms with Gasteiger partial charge in [0.2, 0.25) is 0 Å². The lowest BCUT2D eigenvalue weighted by atomic mass is 10.00. The molecule has 1 N–H and O–H groups in total. The molecule has 1 aliphatic heterocycles. The number of rotatable bonds is 4. The highest BCUT2D eigenvalue weighted by molar-refractivity contribution is 6.02. The number of hydrogen-bond acceptors (Lipinski definition) is 5. The summed E-state index contributed by atoms with van der Waals surface area (Å²) in [6.45, 7) is 5.21. The SMILES string of the molecule is Cc1cc(C)c(C(=O)OCC(=O)c2ccc3c(c2)NC(=O)CO3)c(C)c1. The summed E-state index contributed by atoms with van der Waals surface area (Å²) < 4.78 is 10.5. The van der Waals surface area contributed by atoms with Crippen LogP contribution in [0.1, 0.15) is 37.4 Å². The van der Waals surface area contributed by atoms with Gasteiger partial charge in [0.05, 0.1) is 11.3 Å². The van der Waals surface area contributed by atoms with E-state index in [0.717, 1.165) is 16.7 Å². The molecule has 3 rings (SSSR count). The summed E-state index contributed by atoms with van der Waals surface area (Å²) in [6.07, 6.45) is 0. The zero-order valence-corrected chi connectivity index (χ0v) is 14.8. The molecule has 0 fully saturated rings. The van der Waals surface area contributed by atoms with Gasteiger partial charge in [-0.3, -0.25) is 9.59 Å². The van der Waals surface area contributed by atoms with Crippen molar-refractivity contribution in [3.05, 3.63) is 58.1 Å². The Kier molecular flexibility index (Phi) is 4.75. The molecule has 26 heavy (non-hydrogen) atoms. The minimum absolute atomic E-state index is 0.0485. The Hall–Kier alpha value is -3.15. The number of carbonyl (C=O) groups excluding carboxylic acids is 3. The van der Waals surface area contributed by atoms with Crippen LogP contribution in [0.3, 0.4) is 0 Å². The van der Waals surface area contributed by atoms with Gasteiger partial charge in [-0.15, -0.1) is 0 Å². The number of carbonyl (C=O) groups is 3. The van der Waals surface area contributed by atoms with Crippen LogP contribution >= 0.6 is 0 Å². The highest BCUT2D eigenvalue weighted by atomic mass is 16.5. The van der Waals surface area contributed by atoms with Crippen molar-refractivity contribution < 1.29 is 23.9 Å². The number of ether oxygens (including phenoxy) is 2. The second kappa shape index (κ2) is 7.00. The van der Waals surface area contributed by atoms with E-state index in [-0.39, 0.29) is 24.9 Å². The van der Waals surface area contributed by atoms with E-state index in [1.807, 2.05) is 32.9 Å². The molecule has 0 atom stereocenters. The first kappa shape index (κ1) is 17.7. The van der Waals surface area contributed by atoms with Gasteiger partial charge in [0.1, 0.15) is 5.75 Å². The summed E-state index contributed by atoms with van der Waals surface area (Å²) in [5.41, 5.74) is 3.94. The van der Waals surface area contributed by atoms with E-state index in [1.165, 1.54) is 6.07 Å².